The molecule has 0 bridgehead atoms. The maximum Gasteiger partial charge on any atom is 0.393 e. The van der Waals surface area contributed by atoms with Crippen molar-refractivity contribution < 1.29 is 17.6 Å². The predicted molar refractivity (Wildman–Crippen MR) is 70.1 cm³/mol. The second kappa shape index (κ2) is 6.63. The first-order valence-electron chi connectivity index (χ1n) is 7.06. The molecular formula is C14H21F3N2O. The molecular weight excluding hydrogens is 269 g/mol. The molecule has 2 heterocycles. The molecule has 20 heavy (non-hydrogen) atoms. The fraction of sp³-hybridized carbons (Fsp3) is 0.714. The number of hydrogen-bond acceptors (Lipinski definition) is 3. The molecule has 1 aliphatic rings. The van der Waals surface area contributed by atoms with E-state index in [1.165, 1.54) is 0 Å². The molecule has 6 heteroatoms. The van der Waals surface area contributed by atoms with Gasteiger partial charge >= 0.3 is 6.18 Å². The van der Waals surface area contributed by atoms with Crippen molar-refractivity contribution >= 4 is 0 Å². The van der Waals surface area contributed by atoms with E-state index >= 15 is 0 Å². The number of hydrogen-bond donors (Lipinski definition) is 1. The van der Waals surface area contributed by atoms with E-state index in [1.807, 2.05) is 24.0 Å². The predicted octanol–water partition coefficient (Wildman–Crippen LogP) is 3.16. The number of furan rings is 1. The van der Waals surface area contributed by atoms with Crippen LogP contribution in [0.15, 0.2) is 16.5 Å². The summed E-state index contributed by atoms with van der Waals surface area (Å²) < 4.78 is 43.8. The average Bonchev–Trinajstić information content (AvgIpc) is 2.83. The molecule has 0 aromatic carbocycles. The van der Waals surface area contributed by atoms with Gasteiger partial charge in [0.15, 0.2) is 0 Å². The molecule has 1 fully saturated rings. The Balaban J connectivity index is 1.87. The summed E-state index contributed by atoms with van der Waals surface area (Å²) in [4.78, 5) is 1.83. The van der Waals surface area contributed by atoms with Gasteiger partial charge in [-0.2, -0.15) is 13.2 Å². The molecule has 0 aliphatic carbocycles. The largest absolute Gasteiger partial charge is 0.463 e. The summed E-state index contributed by atoms with van der Waals surface area (Å²) in [6.07, 6.45) is -3.25. The highest BCUT2D eigenvalue weighted by molar-refractivity contribution is 5.07. The summed E-state index contributed by atoms with van der Waals surface area (Å²) in [6.45, 7) is 4.76. The Kier molecular flexibility index (Phi) is 5.10. The molecule has 1 unspecified atom stereocenters. The van der Waals surface area contributed by atoms with Crippen molar-refractivity contribution in [2.75, 3.05) is 19.6 Å². The standard InChI is InChI=1S/C14H21F3N2O/c1-2-18-8-12-5-6-13(20-12)10-19-7-3-4-11(9-19)14(15,16)17/h5-6,11,18H,2-4,7-10H2,1H3. The number of alkyl halides is 3. The zero-order valence-electron chi connectivity index (χ0n) is 11.7. The molecule has 0 saturated carbocycles. The number of rotatable bonds is 5. The number of nitrogens with one attached hydrogen (secondary N) is 1. The number of halogens is 3. The van der Waals surface area contributed by atoms with Crippen molar-refractivity contribution in [2.45, 2.75) is 39.0 Å². The summed E-state index contributed by atoms with van der Waals surface area (Å²) in [5, 5.41) is 3.15. The zero-order valence-corrected chi connectivity index (χ0v) is 11.7. The summed E-state index contributed by atoms with van der Waals surface area (Å²) in [6, 6.07) is 3.73. The van der Waals surface area contributed by atoms with E-state index in [1.54, 1.807) is 0 Å². The van der Waals surface area contributed by atoms with Gasteiger partial charge in [0, 0.05) is 6.54 Å². The molecule has 0 amide bonds. The summed E-state index contributed by atoms with van der Waals surface area (Å²) in [7, 11) is 0. The van der Waals surface area contributed by atoms with Crippen LogP contribution in [0.2, 0.25) is 0 Å². The van der Waals surface area contributed by atoms with Crippen LogP contribution in [0.25, 0.3) is 0 Å². The smallest absolute Gasteiger partial charge is 0.393 e. The molecule has 1 atom stereocenters. The van der Waals surface area contributed by atoms with Gasteiger partial charge in [-0.1, -0.05) is 6.92 Å². The second-order valence-corrected chi connectivity index (χ2v) is 5.26. The minimum atomic E-state index is -4.09. The lowest BCUT2D eigenvalue weighted by molar-refractivity contribution is -0.187. The minimum absolute atomic E-state index is 0.0761. The van der Waals surface area contributed by atoms with Gasteiger partial charge < -0.3 is 9.73 Å². The maximum absolute atomic E-state index is 12.7. The van der Waals surface area contributed by atoms with Crippen molar-refractivity contribution in [3.05, 3.63) is 23.7 Å². The highest BCUT2D eigenvalue weighted by atomic mass is 19.4. The maximum atomic E-state index is 12.7. The van der Waals surface area contributed by atoms with Crippen LogP contribution in [0.1, 0.15) is 31.3 Å². The van der Waals surface area contributed by atoms with Gasteiger partial charge in [0.05, 0.1) is 19.0 Å². The van der Waals surface area contributed by atoms with Gasteiger partial charge in [-0.3, -0.25) is 4.90 Å². The third-order valence-electron chi connectivity index (χ3n) is 3.61. The molecule has 2 rings (SSSR count). The van der Waals surface area contributed by atoms with E-state index in [9.17, 15) is 13.2 Å². The molecule has 0 radical (unpaired) electrons. The van der Waals surface area contributed by atoms with E-state index in [0.717, 1.165) is 18.1 Å². The highest BCUT2D eigenvalue weighted by Gasteiger charge is 2.41. The van der Waals surface area contributed by atoms with Gasteiger partial charge in [-0.15, -0.1) is 0 Å². The van der Waals surface area contributed by atoms with Crippen molar-refractivity contribution in [1.82, 2.24) is 10.2 Å². The van der Waals surface area contributed by atoms with E-state index < -0.39 is 12.1 Å². The lowest BCUT2D eigenvalue weighted by atomic mass is 9.97. The SMILES string of the molecule is CCNCc1ccc(CN2CCCC(C(F)(F)F)C2)o1. The molecule has 1 aromatic heterocycles. The van der Waals surface area contributed by atoms with E-state index in [0.29, 0.717) is 26.1 Å². The van der Waals surface area contributed by atoms with Gasteiger partial charge in [-0.25, -0.2) is 0 Å². The first-order chi connectivity index (χ1) is 9.49. The number of piperidine rings is 1. The Morgan fingerprint density at radius 2 is 2.10 bits per heavy atom. The van der Waals surface area contributed by atoms with Crippen LogP contribution in [-0.4, -0.2) is 30.7 Å². The quantitative estimate of drug-likeness (QED) is 0.903. The van der Waals surface area contributed by atoms with Crippen LogP contribution in [0, 0.1) is 5.92 Å². The summed E-state index contributed by atoms with van der Waals surface area (Å²) in [5.41, 5.74) is 0. The highest BCUT2D eigenvalue weighted by Crippen LogP contribution is 2.33. The normalized spacial score (nSPS) is 21.3. The zero-order chi connectivity index (χ0) is 14.6. The second-order valence-electron chi connectivity index (χ2n) is 5.26. The Labute approximate surface area is 117 Å². The number of likely N-dealkylation sites (tertiary alicyclic amines) is 1. The third-order valence-corrected chi connectivity index (χ3v) is 3.61. The lowest BCUT2D eigenvalue weighted by Gasteiger charge is -2.33. The third kappa shape index (κ3) is 4.24. The van der Waals surface area contributed by atoms with Crippen LogP contribution < -0.4 is 5.32 Å². The van der Waals surface area contributed by atoms with Crippen molar-refractivity contribution in [1.29, 1.82) is 0 Å². The van der Waals surface area contributed by atoms with Crippen LogP contribution in [0.5, 0.6) is 0 Å². The van der Waals surface area contributed by atoms with Gasteiger partial charge in [0.1, 0.15) is 11.5 Å². The average molecular weight is 290 g/mol. The molecule has 3 nitrogen and oxygen atoms in total. The van der Waals surface area contributed by atoms with Gasteiger partial charge in [-0.05, 0) is 38.1 Å². The van der Waals surface area contributed by atoms with Gasteiger partial charge in [0.2, 0.25) is 0 Å². The van der Waals surface area contributed by atoms with Crippen molar-refractivity contribution in [3.63, 3.8) is 0 Å². The van der Waals surface area contributed by atoms with Crippen LogP contribution >= 0.6 is 0 Å². The lowest BCUT2D eigenvalue weighted by Crippen LogP contribution is -2.41. The number of nitrogens with zero attached hydrogens (tertiary/aromatic N) is 1. The summed E-state index contributed by atoms with van der Waals surface area (Å²) in [5.74, 6) is 0.361. The van der Waals surface area contributed by atoms with Gasteiger partial charge in [0.25, 0.3) is 0 Å². The molecule has 1 aromatic rings. The summed E-state index contributed by atoms with van der Waals surface area (Å²) >= 11 is 0. The molecule has 0 spiro atoms. The topological polar surface area (TPSA) is 28.4 Å². The van der Waals surface area contributed by atoms with E-state index in [2.05, 4.69) is 5.32 Å². The monoisotopic (exact) mass is 290 g/mol. The van der Waals surface area contributed by atoms with E-state index in [-0.39, 0.29) is 13.0 Å². The Hall–Kier alpha value is -1.01. The molecule has 1 N–H and O–H groups in total. The molecule has 1 saturated heterocycles. The van der Waals surface area contributed by atoms with Crippen LogP contribution in [0.4, 0.5) is 13.2 Å². The first-order valence-corrected chi connectivity index (χ1v) is 7.06. The fourth-order valence-electron chi connectivity index (χ4n) is 2.54. The molecule has 1 aliphatic heterocycles. The minimum Gasteiger partial charge on any atom is -0.463 e. The van der Waals surface area contributed by atoms with Crippen LogP contribution in [-0.2, 0) is 13.1 Å². The molecule has 114 valence electrons. The Morgan fingerprint density at radius 1 is 1.35 bits per heavy atom. The van der Waals surface area contributed by atoms with Crippen molar-refractivity contribution in [2.24, 2.45) is 5.92 Å². The van der Waals surface area contributed by atoms with E-state index in [4.69, 9.17) is 4.42 Å². The Bertz CT molecular complexity index is 417. The Morgan fingerprint density at radius 3 is 2.80 bits per heavy atom. The van der Waals surface area contributed by atoms with Crippen LogP contribution in [0.3, 0.4) is 0 Å². The first kappa shape index (κ1) is 15.4. The van der Waals surface area contributed by atoms with Crippen molar-refractivity contribution in [3.8, 4) is 0 Å². The fourth-order valence-corrected chi connectivity index (χ4v) is 2.54.